The van der Waals surface area contributed by atoms with E-state index in [1.54, 1.807) is 0 Å². The monoisotopic (exact) mass is 409 g/mol. The number of unbranched alkanes of at least 4 members (excludes halogenated alkanes) is 1. The average molecular weight is 410 g/mol. The fourth-order valence-corrected chi connectivity index (χ4v) is 3.77. The van der Waals surface area contributed by atoms with Crippen molar-refractivity contribution in [3.05, 3.63) is 29.8 Å². The molecular weight excluding hydrogens is 376 g/mol. The van der Waals surface area contributed by atoms with Crippen LogP contribution in [0.1, 0.15) is 19.8 Å². The SMILES string of the molecule is CCNC(=NCCCCN1CCOCC1)N1CCN(c2cc(F)ccc2F)CC1. The number of nitrogens with one attached hydrogen (secondary N) is 1. The molecule has 0 bridgehead atoms. The highest BCUT2D eigenvalue weighted by atomic mass is 19.1. The normalized spacial score (nSPS) is 18.9. The maximum Gasteiger partial charge on any atom is 0.194 e. The molecule has 0 spiro atoms. The Labute approximate surface area is 172 Å². The molecule has 8 heteroatoms. The van der Waals surface area contributed by atoms with Gasteiger partial charge in [0.15, 0.2) is 5.96 Å². The summed E-state index contributed by atoms with van der Waals surface area (Å²) in [6.07, 6.45) is 2.19. The Balaban J connectivity index is 1.45. The van der Waals surface area contributed by atoms with Crippen LogP contribution in [-0.2, 0) is 4.74 Å². The van der Waals surface area contributed by atoms with E-state index in [9.17, 15) is 8.78 Å². The van der Waals surface area contributed by atoms with Crippen molar-refractivity contribution in [2.45, 2.75) is 19.8 Å². The molecular formula is C21H33F2N5O. The number of rotatable bonds is 7. The molecule has 0 radical (unpaired) electrons. The van der Waals surface area contributed by atoms with Crippen LogP contribution in [0, 0.1) is 11.6 Å². The van der Waals surface area contributed by atoms with Gasteiger partial charge in [-0.3, -0.25) is 9.89 Å². The van der Waals surface area contributed by atoms with Gasteiger partial charge in [-0.1, -0.05) is 0 Å². The highest BCUT2D eigenvalue weighted by molar-refractivity contribution is 5.80. The number of hydrogen-bond acceptors (Lipinski definition) is 4. The van der Waals surface area contributed by atoms with Crippen molar-refractivity contribution in [2.24, 2.45) is 4.99 Å². The fraction of sp³-hybridized carbons (Fsp3) is 0.667. The van der Waals surface area contributed by atoms with Crippen LogP contribution < -0.4 is 10.2 Å². The molecule has 0 unspecified atom stereocenters. The molecule has 6 nitrogen and oxygen atoms in total. The molecule has 0 amide bonds. The number of halogens is 2. The average Bonchev–Trinajstić information content (AvgIpc) is 2.75. The lowest BCUT2D eigenvalue weighted by Gasteiger charge is -2.37. The van der Waals surface area contributed by atoms with Gasteiger partial charge in [0.05, 0.1) is 18.9 Å². The maximum atomic E-state index is 14.0. The van der Waals surface area contributed by atoms with E-state index in [0.717, 1.165) is 83.9 Å². The number of anilines is 1. The zero-order chi connectivity index (χ0) is 20.5. The van der Waals surface area contributed by atoms with E-state index in [1.807, 2.05) is 4.90 Å². The van der Waals surface area contributed by atoms with Crippen LogP contribution in [0.2, 0.25) is 0 Å². The molecule has 1 aromatic rings. The summed E-state index contributed by atoms with van der Waals surface area (Å²) in [7, 11) is 0. The molecule has 3 rings (SSSR count). The zero-order valence-corrected chi connectivity index (χ0v) is 17.4. The second kappa shape index (κ2) is 11.3. The van der Waals surface area contributed by atoms with Gasteiger partial charge in [-0.2, -0.15) is 0 Å². The first-order valence-electron chi connectivity index (χ1n) is 10.7. The van der Waals surface area contributed by atoms with Crippen LogP contribution in [-0.4, -0.2) is 87.9 Å². The molecule has 2 heterocycles. The molecule has 1 N–H and O–H groups in total. The predicted octanol–water partition coefficient (Wildman–Crippen LogP) is 2.16. The minimum Gasteiger partial charge on any atom is -0.379 e. The number of guanidine groups is 1. The van der Waals surface area contributed by atoms with Gasteiger partial charge in [-0.05, 0) is 38.4 Å². The van der Waals surface area contributed by atoms with Crippen LogP contribution in [0.25, 0.3) is 0 Å². The summed E-state index contributed by atoms with van der Waals surface area (Å²) in [6, 6.07) is 3.63. The lowest BCUT2D eigenvalue weighted by atomic mass is 10.2. The third kappa shape index (κ3) is 6.54. The van der Waals surface area contributed by atoms with E-state index in [4.69, 9.17) is 9.73 Å². The molecule has 2 aliphatic rings. The van der Waals surface area contributed by atoms with Crippen LogP contribution in [0.4, 0.5) is 14.5 Å². The third-order valence-corrected chi connectivity index (χ3v) is 5.41. The molecule has 2 fully saturated rings. The van der Waals surface area contributed by atoms with Gasteiger partial charge in [0.2, 0.25) is 0 Å². The summed E-state index contributed by atoms with van der Waals surface area (Å²) in [6.45, 7) is 11.3. The van der Waals surface area contributed by atoms with Gasteiger partial charge in [0, 0.05) is 58.4 Å². The van der Waals surface area contributed by atoms with E-state index in [2.05, 4.69) is 22.0 Å². The van der Waals surface area contributed by atoms with E-state index in [0.29, 0.717) is 18.8 Å². The van der Waals surface area contributed by atoms with Crippen LogP contribution >= 0.6 is 0 Å². The van der Waals surface area contributed by atoms with Crippen LogP contribution in [0.15, 0.2) is 23.2 Å². The minimum absolute atomic E-state index is 0.342. The zero-order valence-electron chi connectivity index (χ0n) is 17.4. The third-order valence-electron chi connectivity index (χ3n) is 5.41. The van der Waals surface area contributed by atoms with Crippen LogP contribution in [0.5, 0.6) is 0 Å². The van der Waals surface area contributed by atoms with Crippen molar-refractivity contribution in [1.82, 2.24) is 15.1 Å². The highest BCUT2D eigenvalue weighted by Gasteiger charge is 2.22. The van der Waals surface area contributed by atoms with Crippen molar-refractivity contribution in [2.75, 3.05) is 77.0 Å². The molecule has 2 saturated heterocycles. The number of aliphatic imine (C=N–C) groups is 1. The quantitative estimate of drug-likeness (QED) is 0.425. The van der Waals surface area contributed by atoms with Crippen molar-refractivity contribution < 1.29 is 13.5 Å². The van der Waals surface area contributed by atoms with Gasteiger partial charge in [0.1, 0.15) is 11.6 Å². The number of hydrogen-bond donors (Lipinski definition) is 1. The first kappa shape index (κ1) is 21.8. The molecule has 0 aliphatic carbocycles. The minimum atomic E-state index is -0.407. The summed E-state index contributed by atoms with van der Waals surface area (Å²) in [5, 5.41) is 3.36. The Morgan fingerprint density at radius 1 is 1.07 bits per heavy atom. The summed E-state index contributed by atoms with van der Waals surface area (Å²) in [5.41, 5.74) is 0.342. The Hall–Kier alpha value is -1.93. The molecule has 0 aromatic heterocycles. The molecule has 29 heavy (non-hydrogen) atoms. The number of morpholine rings is 1. The largest absolute Gasteiger partial charge is 0.379 e. The summed E-state index contributed by atoms with van der Waals surface area (Å²) in [4.78, 5) is 11.3. The van der Waals surface area contributed by atoms with Gasteiger partial charge in [0.25, 0.3) is 0 Å². The van der Waals surface area contributed by atoms with Crippen molar-refractivity contribution >= 4 is 11.6 Å². The smallest absolute Gasteiger partial charge is 0.194 e. The lowest BCUT2D eigenvalue weighted by Crippen LogP contribution is -2.52. The van der Waals surface area contributed by atoms with Gasteiger partial charge in [-0.25, -0.2) is 8.78 Å². The molecule has 0 atom stereocenters. The number of piperazine rings is 1. The molecule has 162 valence electrons. The first-order valence-corrected chi connectivity index (χ1v) is 10.7. The molecule has 0 saturated carbocycles. The van der Waals surface area contributed by atoms with E-state index >= 15 is 0 Å². The first-order chi connectivity index (χ1) is 14.2. The van der Waals surface area contributed by atoms with Crippen LogP contribution in [0.3, 0.4) is 0 Å². The van der Waals surface area contributed by atoms with Crippen molar-refractivity contribution in [3.63, 3.8) is 0 Å². The van der Waals surface area contributed by atoms with Crippen molar-refractivity contribution in [3.8, 4) is 0 Å². The molecule has 2 aliphatic heterocycles. The Morgan fingerprint density at radius 3 is 2.55 bits per heavy atom. The maximum absolute atomic E-state index is 14.0. The summed E-state index contributed by atoms with van der Waals surface area (Å²) in [5.74, 6) is 0.134. The number of benzene rings is 1. The van der Waals surface area contributed by atoms with E-state index < -0.39 is 5.82 Å². The van der Waals surface area contributed by atoms with E-state index in [1.165, 1.54) is 12.1 Å². The highest BCUT2D eigenvalue weighted by Crippen LogP contribution is 2.22. The topological polar surface area (TPSA) is 43.3 Å². The van der Waals surface area contributed by atoms with Gasteiger partial charge in [-0.15, -0.1) is 0 Å². The lowest BCUT2D eigenvalue weighted by molar-refractivity contribution is 0.0373. The number of ether oxygens (including phenoxy) is 1. The second-order valence-electron chi connectivity index (χ2n) is 7.47. The predicted molar refractivity (Wildman–Crippen MR) is 113 cm³/mol. The Kier molecular flexibility index (Phi) is 8.49. The Morgan fingerprint density at radius 2 is 1.83 bits per heavy atom. The van der Waals surface area contributed by atoms with Gasteiger partial charge >= 0.3 is 0 Å². The summed E-state index contributed by atoms with van der Waals surface area (Å²) < 4.78 is 32.9. The Bertz CT molecular complexity index is 658. The van der Waals surface area contributed by atoms with Crippen molar-refractivity contribution in [1.29, 1.82) is 0 Å². The van der Waals surface area contributed by atoms with Gasteiger partial charge < -0.3 is 19.9 Å². The summed E-state index contributed by atoms with van der Waals surface area (Å²) >= 11 is 0. The van der Waals surface area contributed by atoms with E-state index in [-0.39, 0.29) is 5.82 Å². The second-order valence-corrected chi connectivity index (χ2v) is 7.47. The molecule has 1 aromatic carbocycles. The fourth-order valence-electron chi connectivity index (χ4n) is 3.77. The standard InChI is InChI=1S/C21H33F2N5O/c1-2-24-21(25-7-3-4-8-26-13-15-29-16-14-26)28-11-9-27(10-12-28)20-17-18(22)5-6-19(20)23/h5-6,17H,2-4,7-16H2,1H3,(H,24,25). The number of nitrogens with zero attached hydrogens (tertiary/aromatic N) is 4.